The van der Waals surface area contributed by atoms with Crippen molar-refractivity contribution in [3.05, 3.63) is 23.6 Å². The molecule has 2 atom stereocenters. The molecule has 2 rings (SSSR count). The number of rotatable bonds is 6. The summed E-state index contributed by atoms with van der Waals surface area (Å²) in [6.07, 6.45) is 4.06. The number of nitrogens with one attached hydrogen (secondary N) is 2. The molecule has 4 nitrogen and oxygen atoms in total. The first-order chi connectivity index (χ1) is 8.65. The summed E-state index contributed by atoms with van der Waals surface area (Å²) < 4.78 is 0. The highest BCUT2D eigenvalue weighted by atomic mass is 32.1. The van der Waals surface area contributed by atoms with E-state index >= 15 is 0 Å². The van der Waals surface area contributed by atoms with Crippen LogP contribution in [-0.4, -0.2) is 18.5 Å². The van der Waals surface area contributed by atoms with Crippen LogP contribution in [0, 0.1) is 5.92 Å². The molecule has 1 amide bonds. The van der Waals surface area contributed by atoms with Gasteiger partial charge in [-0.15, -0.1) is 17.9 Å². The van der Waals surface area contributed by atoms with E-state index in [2.05, 4.69) is 24.1 Å². The van der Waals surface area contributed by atoms with Gasteiger partial charge in [0, 0.05) is 12.6 Å². The van der Waals surface area contributed by atoms with Crippen LogP contribution in [0.3, 0.4) is 0 Å². The largest absolute Gasteiger partial charge is 0.397 e. The zero-order chi connectivity index (χ0) is 13.1. The molecule has 0 bridgehead atoms. The first-order valence-electron chi connectivity index (χ1n) is 6.20. The van der Waals surface area contributed by atoms with Gasteiger partial charge in [-0.2, -0.15) is 0 Å². The van der Waals surface area contributed by atoms with Crippen molar-refractivity contribution in [3.8, 4) is 0 Å². The summed E-state index contributed by atoms with van der Waals surface area (Å²) >= 11 is 1.42. The third kappa shape index (κ3) is 2.85. The number of nitrogens with two attached hydrogens (primary N) is 1. The van der Waals surface area contributed by atoms with Crippen LogP contribution < -0.4 is 16.4 Å². The molecule has 4 N–H and O–H groups in total. The molecule has 0 saturated heterocycles. The third-order valence-electron chi connectivity index (χ3n) is 3.15. The standard InChI is InChI=1S/C13H19N3OS/c1-3-5-15-13(17)12-9(14)7-11(18-12)16-10-6-8(10)4-2/h3,7-8,10,16H,1,4-6,14H2,2H3,(H,15,17). The normalized spacial score (nSPS) is 21.4. The Balaban J connectivity index is 1.98. The van der Waals surface area contributed by atoms with Crippen LogP contribution >= 0.6 is 11.3 Å². The summed E-state index contributed by atoms with van der Waals surface area (Å²) in [4.78, 5) is 12.4. The van der Waals surface area contributed by atoms with Crippen molar-refractivity contribution in [2.24, 2.45) is 5.92 Å². The van der Waals surface area contributed by atoms with Gasteiger partial charge in [0.05, 0.1) is 10.7 Å². The average molecular weight is 265 g/mol. The second kappa shape index (κ2) is 5.44. The maximum absolute atomic E-state index is 11.8. The Morgan fingerprint density at radius 2 is 2.50 bits per heavy atom. The molecule has 1 fully saturated rings. The predicted molar refractivity (Wildman–Crippen MR) is 77.1 cm³/mol. The molecule has 0 spiro atoms. The lowest BCUT2D eigenvalue weighted by molar-refractivity contribution is 0.0963. The van der Waals surface area contributed by atoms with E-state index < -0.39 is 0 Å². The van der Waals surface area contributed by atoms with Gasteiger partial charge in [-0.25, -0.2) is 0 Å². The molecule has 5 heteroatoms. The molecule has 18 heavy (non-hydrogen) atoms. The predicted octanol–water partition coefficient (Wildman–Crippen LogP) is 2.46. The molecule has 1 heterocycles. The van der Waals surface area contributed by atoms with Gasteiger partial charge in [-0.3, -0.25) is 4.79 Å². The van der Waals surface area contributed by atoms with Crippen LogP contribution in [0.25, 0.3) is 0 Å². The number of hydrogen-bond acceptors (Lipinski definition) is 4. The van der Waals surface area contributed by atoms with E-state index in [0.29, 0.717) is 23.2 Å². The van der Waals surface area contributed by atoms with Gasteiger partial charge in [0.2, 0.25) is 0 Å². The Hall–Kier alpha value is -1.49. The van der Waals surface area contributed by atoms with Crippen LogP contribution in [0.5, 0.6) is 0 Å². The lowest BCUT2D eigenvalue weighted by Crippen LogP contribution is -2.22. The molecule has 1 aromatic heterocycles. The fourth-order valence-electron chi connectivity index (χ4n) is 1.96. The van der Waals surface area contributed by atoms with E-state index in [9.17, 15) is 4.79 Å². The quantitative estimate of drug-likeness (QED) is 0.692. The Kier molecular flexibility index (Phi) is 3.91. The third-order valence-corrected chi connectivity index (χ3v) is 4.23. The van der Waals surface area contributed by atoms with Crippen molar-refractivity contribution in [2.75, 3.05) is 17.6 Å². The van der Waals surface area contributed by atoms with E-state index in [-0.39, 0.29) is 5.91 Å². The molecule has 0 aliphatic heterocycles. The highest BCUT2D eigenvalue weighted by Gasteiger charge is 2.35. The van der Waals surface area contributed by atoms with Crippen molar-refractivity contribution in [1.29, 1.82) is 0 Å². The summed E-state index contributed by atoms with van der Waals surface area (Å²) in [6.45, 7) is 6.22. The van der Waals surface area contributed by atoms with Gasteiger partial charge >= 0.3 is 0 Å². The topological polar surface area (TPSA) is 67.2 Å². The van der Waals surface area contributed by atoms with E-state index in [4.69, 9.17) is 5.73 Å². The minimum absolute atomic E-state index is 0.131. The number of carbonyl (C=O) groups excluding carboxylic acids is 1. The van der Waals surface area contributed by atoms with Crippen LogP contribution in [0.15, 0.2) is 18.7 Å². The number of nitrogen functional groups attached to an aromatic ring is 1. The molecule has 1 aliphatic rings. The lowest BCUT2D eigenvalue weighted by atomic mass is 10.3. The minimum Gasteiger partial charge on any atom is -0.397 e. The van der Waals surface area contributed by atoms with Crippen molar-refractivity contribution >= 4 is 27.9 Å². The molecule has 2 unspecified atom stereocenters. The zero-order valence-electron chi connectivity index (χ0n) is 10.5. The van der Waals surface area contributed by atoms with Crippen LogP contribution in [0.2, 0.25) is 0 Å². The monoisotopic (exact) mass is 265 g/mol. The fourth-order valence-corrected chi connectivity index (χ4v) is 2.91. The number of anilines is 2. The van der Waals surface area contributed by atoms with Crippen molar-refractivity contribution in [1.82, 2.24) is 5.32 Å². The molecular weight excluding hydrogens is 246 g/mol. The van der Waals surface area contributed by atoms with Gasteiger partial charge in [0.15, 0.2) is 0 Å². The summed E-state index contributed by atoms with van der Waals surface area (Å²) in [6, 6.07) is 2.40. The summed E-state index contributed by atoms with van der Waals surface area (Å²) in [5.41, 5.74) is 6.40. The molecule has 98 valence electrons. The number of hydrogen-bond donors (Lipinski definition) is 3. The molecule has 1 aliphatic carbocycles. The van der Waals surface area contributed by atoms with Gasteiger partial charge in [-0.05, 0) is 18.4 Å². The lowest BCUT2D eigenvalue weighted by Gasteiger charge is -2.01. The molecule has 0 radical (unpaired) electrons. The molecular formula is C13H19N3OS. The van der Waals surface area contributed by atoms with Crippen LogP contribution in [0.4, 0.5) is 10.7 Å². The second-order valence-electron chi connectivity index (χ2n) is 4.55. The Bertz CT molecular complexity index is 455. The summed E-state index contributed by atoms with van der Waals surface area (Å²) in [5, 5.41) is 7.15. The highest BCUT2D eigenvalue weighted by molar-refractivity contribution is 7.18. The van der Waals surface area contributed by atoms with Crippen molar-refractivity contribution in [3.63, 3.8) is 0 Å². The second-order valence-corrected chi connectivity index (χ2v) is 5.60. The van der Waals surface area contributed by atoms with Gasteiger partial charge in [-0.1, -0.05) is 19.4 Å². The Morgan fingerprint density at radius 1 is 1.72 bits per heavy atom. The Labute approximate surface area is 111 Å². The van der Waals surface area contributed by atoms with Gasteiger partial charge < -0.3 is 16.4 Å². The van der Waals surface area contributed by atoms with Crippen LogP contribution in [-0.2, 0) is 0 Å². The summed E-state index contributed by atoms with van der Waals surface area (Å²) in [7, 11) is 0. The van der Waals surface area contributed by atoms with Crippen molar-refractivity contribution in [2.45, 2.75) is 25.8 Å². The van der Waals surface area contributed by atoms with Gasteiger partial charge in [0.1, 0.15) is 4.88 Å². The number of amides is 1. The smallest absolute Gasteiger partial charge is 0.263 e. The van der Waals surface area contributed by atoms with E-state index in [1.165, 1.54) is 24.2 Å². The molecule has 0 aromatic carbocycles. The van der Waals surface area contributed by atoms with E-state index in [1.54, 1.807) is 6.08 Å². The SMILES string of the molecule is C=CCNC(=O)c1sc(NC2CC2CC)cc1N. The average Bonchev–Trinajstić information content (AvgIpc) is 3.00. The molecule has 1 saturated carbocycles. The zero-order valence-corrected chi connectivity index (χ0v) is 11.3. The first kappa shape index (κ1) is 13.0. The van der Waals surface area contributed by atoms with Crippen molar-refractivity contribution < 1.29 is 4.79 Å². The fraction of sp³-hybridized carbons (Fsp3) is 0.462. The van der Waals surface area contributed by atoms with Gasteiger partial charge in [0.25, 0.3) is 5.91 Å². The minimum atomic E-state index is -0.131. The van der Waals surface area contributed by atoms with Crippen LogP contribution in [0.1, 0.15) is 29.4 Å². The Morgan fingerprint density at radius 3 is 3.11 bits per heavy atom. The molecule has 1 aromatic rings. The first-order valence-corrected chi connectivity index (χ1v) is 7.02. The number of carbonyl (C=O) groups is 1. The highest BCUT2D eigenvalue weighted by Crippen LogP contribution is 2.39. The van der Waals surface area contributed by atoms with E-state index in [0.717, 1.165) is 10.9 Å². The maximum atomic E-state index is 11.8. The maximum Gasteiger partial charge on any atom is 0.263 e. The number of thiophene rings is 1. The summed E-state index contributed by atoms with van der Waals surface area (Å²) in [5.74, 6) is 0.639. The van der Waals surface area contributed by atoms with E-state index in [1.807, 2.05) is 6.07 Å².